The number of fused-ring (bicyclic) bond motifs is 1. The number of aromatic nitrogens is 11. The molecule has 0 N–H and O–H groups in total. The summed E-state index contributed by atoms with van der Waals surface area (Å²) >= 11 is 0. The molecule has 0 aliphatic carbocycles. The van der Waals surface area contributed by atoms with Crippen LogP contribution >= 0.6 is 0 Å². The molecular formula is C75H127N11. The summed E-state index contributed by atoms with van der Waals surface area (Å²) in [4.78, 5) is 4.60. The molecule has 0 amide bonds. The SMILES string of the molecule is Cc1cc(C(C)(C)C)n(C)c1C.Cc1ccc(C(C)(C)C)n1C.Cc1nnc(C(C)(C)C)n1C.Cn1c(C(C)(C)C)cc2ccccc21.Cn1cc(C(C)(C)C)cc1C(C)(C)C.Cn1cccc1C(C)(C)C.Cn1nc(C(C)(C)C)nc1C(C)(C)C. The molecule has 0 unspecified atom stereocenters. The predicted octanol–water partition coefficient (Wildman–Crippen LogP) is 18.8. The van der Waals surface area contributed by atoms with Gasteiger partial charge in [-0.1, -0.05) is 205 Å². The second-order valence-electron chi connectivity index (χ2n) is 33.4. The van der Waals surface area contributed by atoms with Crippen LogP contribution in [0.3, 0.4) is 0 Å². The van der Waals surface area contributed by atoms with E-state index in [-0.39, 0.29) is 48.7 Å². The molecule has 11 heteroatoms. The van der Waals surface area contributed by atoms with E-state index < -0.39 is 0 Å². The van der Waals surface area contributed by atoms with Crippen molar-refractivity contribution in [3.8, 4) is 0 Å². The number of para-hydroxylation sites is 1. The third-order valence-corrected chi connectivity index (χ3v) is 15.6. The zero-order valence-corrected chi connectivity index (χ0v) is 62.4. The Morgan fingerprint density at radius 1 is 0.360 bits per heavy atom. The summed E-state index contributed by atoms with van der Waals surface area (Å²) in [6, 6.07) is 24.1. The Hall–Kier alpha value is -5.84. The third-order valence-electron chi connectivity index (χ3n) is 15.6. The molecule has 0 spiro atoms. The van der Waals surface area contributed by atoms with Crippen molar-refractivity contribution in [2.24, 2.45) is 49.3 Å². The molecule has 8 rings (SSSR count). The predicted molar refractivity (Wildman–Crippen MR) is 374 cm³/mol. The van der Waals surface area contributed by atoms with E-state index in [0.29, 0.717) is 0 Å². The van der Waals surface area contributed by atoms with Crippen LogP contribution in [0.25, 0.3) is 10.9 Å². The van der Waals surface area contributed by atoms with Gasteiger partial charge in [0.25, 0.3) is 0 Å². The Morgan fingerprint density at radius 2 is 0.837 bits per heavy atom. The minimum Gasteiger partial charge on any atom is -0.354 e. The molecule has 0 aliphatic rings. The number of hydrogen-bond acceptors (Lipinski definition) is 4. The van der Waals surface area contributed by atoms with Crippen molar-refractivity contribution in [2.75, 3.05) is 0 Å². The maximum Gasteiger partial charge on any atom is 0.156 e. The molecule has 86 heavy (non-hydrogen) atoms. The summed E-state index contributed by atoms with van der Waals surface area (Å²) in [6.45, 7) is 68.2. The van der Waals surface area contributed by atoms with Gasteiger partial charge < -0.3 is 27.4 Å². The number of benzene rings is 1. The highest BCUT2D eigenvalue weighted by atomic mass is 15.3. The average molecular weight is 1180 g/mol. The summed E-state index contributed by atoms with van der Waals surface area (Å²) in [5.41, 5.74) is 15.5. The van der Waals surface area contributed by atoms with E-state index in [0.717, 1.165) is 23.3 Å². The zero-order chi connectivity index (χ0) is 67.2. The van der Waals surface area contributed by atoms with Crippen LogP contribution in [0.15, 0.2) is 79.1 Å². The molecule has 0 saturated heterocycles. The van der Waals surface area contributed by atoms with Gasteiger partial charge in [0.1, 0.15) is 17.5 Å². The quantitative estimate of drug-likeness (QED) is 0.151. The Balaban J connectivity index is 0.000000343. The van der Waals surface area contributed by atoms with Crippen molar-refractivity contribution in [3.05, 3.63) is 153 Å². The Morgan fingerprint density at radius 3 is 1.09 bits per heavy atom. The summed E-state index contributed by atoms with van der Waals surface area (Å²) in [5.74, 6) is 3.97. The van der Waals surface area contributed by atoms with Gasteiger partial charge in [-0.05, 0) is 98.2 Å². The highest BCUT2D eigenvalue weighted by Crippen LogP contribution is 2.32. The molecule has 1 aromatic carbocycles. The monoisotopic (exact) mass is 1180 g/mol. The van der Waals surface area contributed by atoms with E-state index in [4.69, 9.17) is 0 Å². The molecular weight excluding hydrogens is 1050 g/mol. The summed E-state index contributed by atoms with van der Waals surface area (Å²) in [7, 11) is 14.6. The molecule has 0 aliphatic heterocycles. The van der Waals surface area contributed by atoms with Crippen LogP contribution < -0.4 is 0 Å². The normalized spacial score (nSPS) is 12.5. The van der Waals surface area contributed by atoms with Crippen molar-refractivity contribution in [1.82, 2.24) is 52.4 Å². The molecule has 0 saturated carbocycles. The van der Waals surface area contributed by atoms with Gasteiger partial charge in [0.15, 0.2) is 5.82 Å². The fourth-order valence-electron chi connectivity index (χ4n) is 10.3. The Bertz CT molecular complexity index is 3240. The maximum absolute atomic E-state index is 4.60. The topological polar surface area (TPSA) is 86.1 Å². The van der Waals surface area contributed by atoms with Crippen LogP contribution in [0.2, 0.25) is 0 Å². The number of nitrogens with zero attached hydrogens (tertiary/aromatic N) is 11. The first-order valence-corrected chi connectivity index (χ1v) is 31.3. The number of rotatable bonds is 0. The summed E-state index contributed by atoms with van der Waals surface area (Å²) in [6.07, 6.45) is 4.33. The van der Waals surface area contributed by atoms with E-state index in [1.165, 1.54) is 61.9 Å². The highest BCUT2D eigenvalue weighted by molar-refractivity contribution is 5.81. The van der Waals surface area contributed by atoms with Crippen molar-refractivity contribution in [1.29, 1.82) is 0 Å². The maximum atomic E-state index is 4.60. The summed E-state index contributed by atoms with van der Waals surface area (Å²) < 4.78 is 15.2. The van der Waals surface area contributed by atoms with Gasteiger partial charge in [-0.3, -0.25) is 4.68 Å². The highest BCUT2D eigenvalue weighted by Gasteiger charge is 2.28. The van der Waals surface area contributed by atoms with Gasteiger partial charge in [0.05, 0.1) is 0 Å². The van der Waals surface area contributed by atoms with Crippen molar-refractivity contribution >= 4 is 10.9 Å². The van der Waals surface area contributed by atoms with Crippen LogP contribution in [0, 0.1) is 27.7 Å². The second-order valence-corrected chi connectivity index (χ2v) is 33.4. The zero-order valence-electron chi connectivity index (χ0n) is 62.4. The van der Waals surface area contributed by atoms with Crippen LogP contribution in [0.1, 0.15) is 261 Å². The molecule has 7 aromatic heterocycles. The van der Waals surface area contributed by atoms with Gasteiger partial charge in [-0.25, -0.2) is 4.98 Å². The average Bonchev–Trinajstić information content (AvgIpc) is 2.28. The van der Waals surface area contributed by atoms with E-state index in [1.807, 2.05) is 30.3 Å². The first-order chi connectivity index (χ1) is 38.4. The largest absolute Gasteiger partial charge is 0.354 e. The van der Waals surface area contributed by atoms with Crippen molar-refractivity contribution < 1.29 is 0 Å². The standard InChI is InChI=1S/C13H17N.C13H23N.C11H21N3.C11H19N.C10H17N.C9H15N.C8H15N3/c1-13(2,3)12-9-10-7-5-6-8-11(10)14(12)4;1-12(2,3)10-8-11(13(4,5)6)14(7)9-10;1-10(2,3)8-12-9(11(4,5)6)14(7)13-8;1-8-7-10(11(3,4)5)12(6)9(8)2;1-8-6-7-9(11(8)5)10(2,3)4;1-9(2,3)8-6-5-7-10(8)4;1-6-9-10-7(11(6)5)8(2,3)4/h5-9H,1-4H3;8-9H,1-7H3;1-7H3;7H,1-6H3;6-7H,1-5H3;5-7H,1-4H3;1-5H3. The molecule has 482 valence electrons. The smallest absolute Gasteiger partial charge is 0.156 e. The fourth-order valence-corrected chi connectivity index (χ4v) is 10.3. The van der Waals surface area contributed by atoms with Crippen LogP contribution in [0.5, 0.6) is 0 Å². The van der Waals surface area contributed by atoms with E-state index >= 15 is 0 Å². The molecule has 0 fully saturated rings. The molecule has 0 bridgehead atoms. The summed E-state index contributed by atoms with van der Waals surface area (Å²) in [5, 5.41) is 13.9. The fraction of sp³-hybridized carbons (Fsp3) is 0.627. The van der Waals surface area contributed by atoms with Gasteiger partial charge in [-0.2, -0.15) is 5.10 Å². The lowest BCUT2D eigenvalue weighted by molar-refractivity contribution is 0.506. The third kappa shape index (κ3) is 21.5. The van der Waals surface area contributed by atoms with E-state index in [9.17, 15) is 0 Å². The second kappa shape index (κ2) is 28.1. The lowest BCUT2D eigenvalue weighted by atomic mass is 9.86. The molecule has 11 nitrogen and oxygen atoms in total. The van der Waals surface area contributed by atoms with Crippen molar-refractivity contribution in [2.45, 2.75) is 263 Å². The van der Waals surface area contributed by atoms with Crippen LogP contribution in [-0.2, 0) is 98.1 Å². The lowest BCUT2D eigenvalue weighted by Crippen LogP contribution is -2.18. The van der Waals surface area contributed by atoms with E-state index in [2.05, 4.69) is 365 Å². The molecule has 0 atom stereocenters. The number of aryl methyl sites for hydroxylation is 7. The van der Waals surface area contributed by atoms with Crippen LogP contribution in [-0.4, -0.2) is 52.4 Å². The van der Waals surface area contributed by atoms with Crippen molar-refractivity contribution in [3.63, 3.8) is 0 Å². The molecule has 7 heterocycles. The first-order valence-electron chi connectivity index (χ1n) is 31.3. The molecule has 0 radical (unpaired) electrons. The van der Waals surface area contributed by atoms with Crippen LogP contribution in [0.4, 0.5) is 0 Å². The van der Waals surface area contributed by atoms with Gasteiger partial charge in [0, 0.05) is 150 Å². The van der Waals surface area contributed by atoms with E-state index in [1.54, 1.807) is 0 Å². The first kappa shape index (κ1) is 76.3. The van der Waals surface area contributed by atoms with Gasteiger partial charge in [-0.15, -0.1) is 10.2 Å². The minimum absolute atomic E-state index is 0.0290. The van der Waals surface area contributed by atoms with Gasteiger partial charge >= 0.3 is 0 Å². The lowest BCUT2D eigenvalue weighted by Gasteiger charge is -2.20. The Kier molecular flexibility index (Phi) is 24.9. The number of hydrogen-bond donors (Lipinski definition) is 0. The van der Waals surface area contributed by atoms with Gasteiger partial charge in [0.2, 0.25) is 0 Å². The molecule has 8 aromatic rings. The minimum atomic E-state index is 0.0290. The Labute approximate surface area is 526 Å².